The molecular formula is C36H25Cl4N3O3S. The lowest BCUT2D eigenvalue weighted by Crippen LogP contribution is -2.30. The molecule has 0 saturated carbocycles. The van der Waals surface area contributed by atoms with Crippen molar-refractivity contribution in [3.05, 3.63) is 164 Å². The van der Waals surface area contributed by atoms with Gasteiger partial charge in [0.05, 0.1) is 15.7 Å². The van der Waals surface area contributed by atoms with E-state index in [0.29, 0.717) is 42.5 Å². The summed E-state index contributed by atoms with van der Waals surface area (Å²) in [5.74, 6) is -1.37. The van der Waals surface area contributed by atoms with Gasteiger partial charge in [-0.25, -0.2) is 0 Å². The topological polar surface area (TPSA) is 87.3 Å². The highest BCUT2D eigenvalue weighted by atomic mass is 35.5. The van der Waals surface area contributed by atoms with Crippen molar-refractivity contribution in [2.75, 3.05) is 10.6 Å². The number of carbonyl (C=O) groups is 3. The van der Waals surface area contributed by atoms with Gasteiger partial charge in [-0.15, -0.1) is 11.8 Å². The van der Waals surface area contributed by atoms with E-state index in [1.807, 2.05) is 36.4 Å². The van der Waals surface area contributed by atoms with Gasteiger partial charge in [0.2, 0.25) is 5.91 Å². The van der Waals surface area contributed by atoms with Crippen molar-refractivity contribution >= 4 is 93.3 Å². The average Bonchev–Trinajstić information content (AvgIpc) is 3.07. The summed E-state index contributed by atoms with van der Waals surface area (Å²) in [7, 11) is 0. The molecule has 0 fully saturated rings. The Kier molecular flexibility index (Phi) is 11.6. The number of anilines is 2. The molecule has 0 heterocycles. The van der Waals surface area contributed by atoms with Crippen LogP contribution in [0.1, 0.15) is 26.7 Å². The van der Waals surface area contributed by atoms with Crippen LogP contribution in [0.2, 0.25) is 20.1 Å². The third-order valence-corrected chi connectivity index (χ3v) is 9.32. The van der Waals surface area contributed by atoms with Crippen LogP contribution in [0, 0.1) is 0 Å². The maximum absolute atomic E-state index is 13.6. The zero-order chi connectivity index (χ0) is 33.3. The summed E-state index contributed by atoms with van der Waals surface area (Å²) in [5, 5.41) is 9.05. The van der Waals surface area contributed by atoms with Crippen molar-refractivity contribution in [2.45, 2.75) is 10.1 Å². The molecule has 1 atom stereocenters. The minimum absolute atomic E-state index is 0.0407. The van der Waals surface area contributed by atoms with Crippen LogP contribution < -0.4 is 16.0 Å². The highest BCUT2D eigenvalue weighted by Crippen LogP contribution is 2.38. The van der Waals surface area contributed by atoms with Crippen molar-refractivity contribution in [2.24, 2.45) is 0 Å². The molecule has 1 unspecified atom stereocenters. The lowest BCUT2D eigenvalue weighted by atomic mass is 10.1. The first kappa shape index (κ1) is 34.1. The third-order valence-electron chi connectivity index (χ3n) is 6.69. The molecule has 3 amide bonds. The molecule has 47 heavy (non-hydrogen) atoms. The van der Waals surface area contributed by atoms with Crippen LogP contribution in [0.15, 0.2) is 132 Å². The van der Waals surface area contributed by atoms with Crippen LogP contribution >= 0.6 is 58.2 Å². The Morgan fingerprint density at radius 3 is 2.11 bits per heavy atom. The predicted molar refractivity (Wildman–Crippen MR) is 194 cm³/mol. The highest BCUT2D eigenvalue weighted by Gasteiger charge is 2.24. The maximum atomic E-state index is 13.6. The van der Waals surface area contributed by atoms with Crippen LogP contribution in [0.5, 0.6) is 0 Å². The van der Waals surface area contributed by atoms with E-state index < -0.39 is 17.1 Å². The SMILES string of the molecule is O=C(Nc1cccc(SC(C(=O)Nc2cccc(Cl)c2Cl)c2ccccc2)c1)/C(=C\c1ccc(Cl)cc1Cl)NC(=O)c1ccccc1. The second-order valence-corrected chi connectivity index (χ2v) is 12.8. The number of carbonyl (C=O) groups excluding carboxylic acids is 3. The Bertz CT molecular complexity index is 1960. The molecular weight excluding hydrogens is 696 g/mol. The van der Waals surface area contributed by atoms with E-state index in [1.54, 1.807) is 84.9 Å². The molecule has 0 aromatic heterocycles. The van der Waals surface area contributed by atoms with E-state index in [0.717, 1.165) is 5.56 Å². The van der Waals surface area contributed by atoms with Gasteiger partial charge in [-0.1, -0.05) is 113 Å². The van der Waals surface area contributed by atoms with Crippen LogP contribution in [-0.4, -0.2) is 17.7 Å². The fourth-order valence-electron chi connectivity index (χ4n) is 4.40. The standard InChI is InChI=1S/C36H25Cl4N3O3S/c37-25-18-17-24(29(39)20-25)19-31(43-34(44)23-11-5-2-6-12-23)35(45)41-26-13-7-14-27(21-26)47-33(22-9-3-1-4-10-22)36(46)42-30-16-8-15-28(38)32(30)40/h1-21,33H,(H,41,45)(H,42,46)(H,43,44)/b31-19+. The number of benzene rings is 5. The number of amides is 3. The Morgan fingerprint density at radius 2 is 1.38 bits per heavy atom. The number of rotatable bonds is 10. The van der Waals surface area contributed by atoms with Crippen molar-refractivity contribution < 1.29 is 14.4 Å². The zero-order valence-electron chi connectivity index (χ0n) is 24.3. The van der Waals surface area contributed by atoms with E-state index >= 15 is 0 Å². The monoisotopic (exact) mass is 719 g/mol. The second kappa shape index (κ2) is 16.0. The first-order chi connectivity index (χ1) is 22.7. The molecule has 0 saturated heterocycles. The minimum Gasteiger partial charge on any atom is -0.323 e. The molecule has 0 aliphatic carbocycles. The second-order valence-electron chi connectivity index (χ2n) is 10.0. The van der Waals surface area contributed by atoms with Crippen molar-refractivity contribution in [3.8, 4) is 0 Å². The first-order valence-electron chi connectivity index (χ1n) is 14.1. The number of hydrogen-bond acceptors (Lipinski definition) is 4. The molecule has 5 rings (SSSR count). The molecule has 0 aliphatic heterocycles. The number of nitrogens with one attached hydrogen (secondary N) is 3. The normalized spacial score (nSPS) is 11.8. The van der Waals surface area contributed by atoms with Gasteiger partial charge in [0.1, 0.15) is 10.9 Å². The minimum atomic E-state index is -0.676. The van der Waals surface area contributed by atoms with Crippen molar-refractivity contribution in [3.63, 3.8) is 0 Å². The molecule has 0 spiro atoms. The van der Waals surface area contributed by atoms with Crippen LogP contribution in [0.25, 0.3) is 6.08 Å². The van der Waals surface area contributed by atoms with E-state index in [-0.39, 0.29) is 16.6 Å². The van der Waals surface area contributed by atoms with E-state index in [9.17, 15) is 14.4 Å². The molecule has 0 aliphatic rings. The molecule has 3 N–H and O–H groups in total. The van der Waals surface area contributed by atoms with E-state index in [1.165, 1.54) is 17.8 Å². The molecule has 11 heteroatoms. The zero-order valence-corrected chi connectivity index (χ0v) is 28.2. The van der Waals surface area contributed by atoms with E-state index in [2.05, 4.69) is 16.0 Å². The van der Waals surface area contributed by atoms with Gasteiger partial charge in [-0.2, -0.15) is 0 Å². The summed E-state index contributed by atoms with van der Waals surface area (Å²) in [6, 6.07) is 34.7. The largest absolute Gasteiger partial charge is 0.323 e. The summed E-state index contributed by atoms with van der Waals surface area (Å²) < 4.78 is 0. The average molecular weight is 721 g/mol. The fourth-order valence-corrected chi connectivity index (χ4v) is 6.29. The Labute approximate surface area is 296 Å². The van der Waals surface area contributed by atoms with Gasteiger partial charge in [-0.3, -0.25) is 14.4 Å². The Balaban J connectivity index is 1.40. The maximum Gasteiger partial charge on any atom is 0.272 e. The van der Waals surface area contributed by atoms with Crippen molar-refractivity contribution in [1.29, 1.82) is 0 Å². The van der Waals surface area contributed by atoms with Crippen LogP contribution in [-0.2, 0) is 9.59 Å². The molecule has 6 nitrogen and oxygen atoms in total. The van der Waals surface area contributed by atoms with Crippen molar-refractivity contribution in [1.82, 2.24) is 5.32 Å². The number of hydrogen-bond donors (Lipinski definition) is 3. The molecule has 5 aromatic rings. The molecule has 0 radical (unpaired) electrons. The lowest BCUT2D eigenvalue weighted by molar-refractivity contribution is -0.116. The Morgan fingerprint density at radius 1 is 0.681 bits per heavy atom. The van der Waals surface area contributed by atoms with Gasteiger partial charge in [-0.05, 0) is 71.8 Å². The lowest BCUT2D eigenvalue weighted by Gasteiger charge is -2.18. The molecule has 5 aromatic carbocycles. The van der Waals surface area contributed by atoms with Gasteiger partial charge >= 0.3 is 0 Å². The molecule has 236 valence electrons. The third kappa shape index (κ3) is 9.19. The van der Waals surface area contributed by atoms with Crippen LogP contribution in [0.4, 0.5) is 11.4 Å². The number of halogens is 4. The Hall–Kier alpha value is -4.24. The summed E-state index contributed by atoms with van der Waals surface area (Å²) >= 11 is 26.2. The van der Waals surface area contributed by atoms with Gasteiger partial charge in [0, 0.05) is 26.2 Å². The summed E-state index contributed by atoms with van der Waals surface area (Å²) in [5.41, 5.74) is 2.40. The smallest absolute Gasteiger partial charge is 0.272 e. The fraction of sp³-hybridized carbons (Fsp3) is 0.0278. The first-order valence-corrected chi connectivity index (χ1v) is 16.5. The predicted octanol–water partition coefficient (Wildman–Crippen LogP) is 10.2. The van der Waals surface area contributed by atoms with Gasteiger partial charge < -0.3 is 16.0 Å². The number of thioether (sulfide) groups is 1. The van der Waals surface area contributed by atoms with Gasteiger partial charge in [0.25, 0.3) is 11.8 Å². The van der Waals surface area contributed by atoms with Crippen LogP contribution in [0.3, 0.4) is 0 Å². The molecule has 0 bridgehead atoms. The van der Waals surface area contributed by atoms with Gasteiger partial charge in [0.15, 0.2) is 0 Å². The quantitative estimate of drug-likeness (QED) is 0.0990. The summed E-state index contributed by atoms with van der Waals surface area (Å²) in [4.78, 5) is 41.0. The summed E-state index contributed by atoms with van der Waals surface area (Å²) in [6.07, 6.45) is 1.48. The van der Waals surface area contributed by atoms with E-state index in [4.69, 9.17) is 46.4 Å². The summed E-state index contributed by atoms with van der Waals surface area (Å²) in [6.45, 7) is 0. The highest BCUT2D eigenvalue weighted by molar-refractivity contribution is 8.00.